The summed E-state index contributed by atoms with van der Waals surface area (Å²) in [6.07, 6.45) is 0.195. The molecule has 0 atom stereocenters. The Morgan fingerprint density at radius 3 is 2.53 bits per heavy atom. The van der Waals surface area contributed by atoms with Crippen LogP contribution in [-0.4, -0.2) is 37.4 Å². The average molecular weight is 236 g/mol. The van der Waals surface area contributed by atoms with Crippen LogP contribution in [0.3, 0.4) is 0 Å². The number of ether oxygens (including phenoxy) is 1. The molecule has 0 radical (unpaired) electrons. The Morgan fingerprint density at radius 2 is 2.06 bits per heavy atom. The molecule has 4 nitrogen and oxygen atoms in total. The third-order valence-corrected chi connectivity index (χ3v) is 3.11. The van der Waals surface area contributed by atoms with E-state index in [0.29, 0.717) is 5.75 Å². The van der Waals surface area contributed by atoms with Gasteiger partial charge in [0.25, 0.3) is 0 Å². The van der Waals surface area contributed by atoms with E-state index in [2.05, 4.69) is 24.1 Å². The van der Waals surface area contributed by atoms with E-state index < -0.39 is 0 Å². The topological polar surface area (TPSA) is 44.7 Å². The minimum atomic E-state index is 0.195. The zero-order valence-corrected chi connectivity index (χ0v) is 10.4. The smallest absolute Gasteiger partial charge is 0.161 e. The summed E-state index contributed by atoms with van der Waals surface area (Å²) in [6.45, 7) is 7.79. The Morgan fingerprint density at radius 1 is 1.35 bits per heavy atom. The quantitative estimate of drug-likeness (QED) is 0.815. The highest BCUT2D eigenvalue weighted by Crippen LogP contribution is 2.31. The second-order valence-corrected chi connectivity index (χ2v) is 4.22. The summed E-state index contributed by atoms with van der Waals surface area (Å²) in [7, 11) is 0. The SMILES string of the molecule is CCN(CC)c1ccc(OC2CNC2)c(O)c1. The molecule has 1 saturated heterocycles. The van der Waals surface area contributed by atoms with Crippen molar-refractivity contribution in [2.75, 3.05) is 31.1 Å². The third kappa shape index (κ3) is 2.64. The fraction of sp³-hybridized carbons (Fsp3) is 0.538. The first-order valence-electron chi connectivity index (χ1n) is 6.20. The highest BCUT2D eigenvalue weighted by atomic mass is 16.5. The summed E-state index contributed by atoms with van der Waals surface area (Å²) in [5.41, 5.74) is 1.03. The Labute approximate surface area is 102 Å². The van der Waals surface area contributed by atoms with E-state index in [1.165, 1.54) is 0 Å². The lowest BCUT2D eigenvalue weighted by atomic mass is 10.2. The predicted molar refractivity (Wildman–Crippen MR) is 69.0 cm³/mol. The van der Waals surface area contributed by atoms with Crippen LogP contribution in [0.1, 0.15) is 13.8 Å². The van der Waals surface area contributed by atoms with E-state index in [1.807, 2.05) is 12.1 Å². The van der Waals surface area contributed by atoms with Crippen molar-refractivity contribution in [1.82, 2.24) is 5.32 Å². The number of nitrogens with zero attached hydrogens (tertiary/aromatic N) is 1. The standard InChI is InChI=1S/C13H20N2O2/c1-3-15(4-2)10-5-6-13(12(16)7-10)17-11-8-14-9-11/h5-7,11,14,16H,3-4,8-9H2,1-2H3. The van der Waals surface area contributed by atoms with Gasteiger partial charge in [0.15, 0.2) is 11.5 Å². The monoisotopic (exact) mass is 236 g/mol. The van der Waals surface area contributed by atoms with E-state index in [0.717, 1.165) is 31.9 Å². The highest BCUT2D eigenvalue weighted by molar-refractivity contribution is 5.55. The molecule has 0 bridgehead atoms. The van der Waals surface area contributed by atoms with E-state index in [4.69, 9.17) is 4.74 Å². The second-order valence-electron chi connectivity index (χ2n) is 4.22. The number of rotatable bonds is 5. The molecule has 2 rings (SSSR count). The van der Waals surface area contributed by atoms with E-state index in [1.54, 1.807) is 6.07 Å². The molecule has 0 aliphatic carbocycles. The Kier molecular flexibility index (Phi) is 3.74. The second kappa shape index (κ2) is 5.27. The van der Waals surface area contributed by atoms with Crippen molar-refractivity contribution in [3.63, 3.8) is 0 Å². The van der Waals surface area contributed by atoms with Crippen LogP contribution in [-0.2, 0) is 0 Å². The third-order valence-electron chi connectivity index (χ3n) is 3.11. The zero-order valence-electron chi connectivity index (χ0n) is 10.4. The predicted octanol–water partition coefficient (Wildman–Crippen LogP) is 1.59. The Hall–Kier alpha value is -1.42. The van der Waals surface area contributed by atoms with Gasteiger partial charge in [0, 0.05) is 37.9 Å². The highest BCUT2D eigenvalue weighted by Gasteiger charge is 2.19. The summed E-state index contributed by atoms with van der Waals surface area (Å²) in [5.74, 6) is 0.800. The minimum Gasteiger partial charge on any atom is -0.504 e. The van der Waals surface area contributed by atoms with E-state index >= 15 is 0 Å². The maximum atomic E-state index is 9.93. The summed E-state index contributed by atoms with van der Waals surface area (Å²) in [5, 5.41) is 13.1. The van der Waals surface area contributed by atoms with Crippen LogP contribution in [0.5, 0.6) is 11.5 Å². The molecular formula is C13H20N2O2. The lowest BCUT2D eigenvalue weighted by molar-refractivity contribution is 0.137. The average Bonchev–Trinajstić information content (AvgIpc) is 2.27. The Bertz CT molecular complexity index is 374. The molecule has 1 aliphatic heterocycles. The lowest BCUT2D eigenvalue weighted by Gasteiger charge is -2.28. The summed E-state index contributed by atoms with van der Waals surface area (Å²) in [6, 6.07) is 5.61. The van der Waals surface area contributed by atoms with Gasteiger partial charge in [-0.2, -0.15) is 0 Å². The molecule has 1 aliphatic rings. The maximum absolute atomic E-state index is 9.93. The molecule has 17 heavy (non-hydrogen) atoms. The van der Waals surface area contributed by atoms with Crippen LogP contribution in [0.2, 0.25) is 0 Å². The van der Waals surface area contributed by atoms with Crippen molar-refractivity contribution >= 4 is 5.69 Å². The van der Waals surface area contributed by atoms with Crippen molar-refractivity contribution in [2.45, 2.75) is 20.0 Å². The molecular weight excluding hydrogens is 216 g/mol. The molecule has 1 aromatic rings. The van der Waals surface area contributed by atoms with Gasteiger partial charge in [0.2, 0.25) is 0 Å². The number of anilines is 1. The molecule has 1 fully saturated rings. The number of phenols is 1. The maximum Gasteiger partial charge on any atom is 0.161 e. The van der Waals surface area contributed by atoms with Crippen molar-refractivity contribution in [1.29, 1.82) is 0 Å². The van der Waals surface area contributed by atoms with E-state index in [9.17, 15) is 5.11 Å². The number of nitrogens with one attached hydrogen (secondary N) is 1. The number of aromatic hydroxyl groups is 1. The summed E-state index contributed by atoms with van der Waals surface area (Å²) < 4.78 is 5.65. The molecule has 4 heteroatoms. The fourth-order valence-electron chi connectivity index (χ4n) is 1.92. The van der Waals surface area contributed by atoms with Gasteiger partial charge >= 0.3 is 0 Å². The molecule has 1 heterocycles. The van der Waals surface area contributed by atoms with Crippen molar-refractivity contribution in [2.24, 2.45) is 0 Å². The van der Waals surface area contributed by atoms with Gasteiger partial charge in [-0.25, -0.2) is 0 Å². The Balaban J connectivity index is 2.09. The molecule has 0 saturated carbocycles. The van der Waals surface area contributed by atoms with Crippen molar-refractivity contribution < 1.29 is 9.84 Å². The summed E-state index contributed by atoms with van der Waals surface area (Å²) >= 11 is 0. The van der Waals surface area contributed by atoms with Crippen molar-refractivity contribution in [3.05, 3.63) is 18.2 Å². The molecule has 0 unspecified atom stereocenters. The van der Waals surface area contributed by atoms with Gasteiger partial charge < -0.3 is 20.1 Å². The van der Waals surface area contributed by atoms with Gasteiger partial charge in [-0.05, 0) is 26.0 Å². The number of hydrogen-bond donors (Lipinski definition) is 2. The number of benzene rings is 1. The van der Waals surface area contributed by atoms with E-state index in [-0.39, 0.29) is 11.9 Å². The van der Waals surface area contributed by atoms with Crippen LogP contribution in [0.25, 0.3) is 0 Å². The van der Waals surface area contributed by atoms with Gasteiger partial charge in [-0.15, -0.1) is 0 Å². The van der Waals surface area contributed by atoms with Crippen molar-refractivity contribution in [3.8, 4) is 11.5 Å². The first-order chi connectivity index (χ1) is 8.24. The molecule has 94 valence electrons. The lowest BCUT2D eigenvalue weighted by Crippen LogP contribution is -2.50. The number of phenolic OH excluding ortho intramolecular Hbond substituents is 1. The normalized spacial score (nSPS) is 15.4. The van der Waals surface area contributed by atoms with Crippen LogP contribution in [0, 0.1) is 0 Å². The van der Waals surface area contributed by atoms with Crippen LogP contribution in [0.15, 0.2) is 18.2 Å². The summed E-state index contributed by atoms with van der Waals surface area (Å²) in [4.78, 5) is 2.19. The van der Waals surface area contributed by atoms with Gasteiger partial charge in [-0.3, -0.25) is 0 Å². The molecule has 0 aromatic heterocycles. The molecule has 0 amide bonds. The van der Waals surface area contributed by atoms with Crippen LogP contribution < -0.4 is 15.0 Å². The van der Waals surface area contributed by atoms with Crippen LogP contribution in [0.4, 0.5) is 5.69 Å². The largest absolute Gasteiger partial charge is 0.504 e. The zero-order chi connectivity index (χ0) is 12.3. The van der Waals surface area contributed by atoms with Gasteiger partial charge in [-0.1, -0.05) is 0 Å². The first-order valence-corrected chi connectivity index (χ1v) is 6.20. The van der Waals surface area contributed by atoms with Crippen LogP contribution >= 0.6 is 0 Å². The van der Waals surface area contributed by atoms with Gasteiger partial charge in [0.1, 0.15) is 6.10 Å². The minimum absolute atomic E-state index is 0.195. The van der Waals surface area contributed by atoms with Gasteiger partial charge in [0.05, 0.1) is 0 Å². The first kappa shape index (κ1) is 12.0. The molecule has 2 N–H and O–H groups in total. The fourth-order valence-corrected chi connectivity index (χ4v) is 1.92. The molecule has 0 spiro atoms. The molecule has 1 aromatic carbocycles. The number of hydrogen-bond acceptors (Lipinski definition) is 4.